The number of likely N-dealkylation sites (tertiary alicyclic amines) is 1. The predicted molar refractivity (Wildman–Crippen MR) is 79.5 cm³/mol. The number of rotatable bonds is 4. The third-order valence-corrected chi connectivity index (χ3v) is 3.90. The molecule has 1 aromatic heterocycles. The second-order valence-corrected chi connectivity index (χ2v) is 5.54. The molecule has 1 unspecified atom stereocenters. The average molecular weight is 293 g/mol. The number of aromatic amines is 1. The molecule has 2 rings (SSSR count). The van der Waals surface area contributed by atoms with E-state index in [4.69, 9.17) is 4.74 Å². The van der Waals surface area contributed by atoms with Crippen LogP contribution in [0.1, 0.15) is 41.6 Å². The predicted octanol–water partition coefficient (Wildman–Crippen LogP) is 1.28. The smallest absolute Gasteiger partial charge is 0.279 e. The summed E-state index contributed by atoms with van der Waals surface area (Å²) in [5, 5.41) is 0. The fourth-order valence-electron chi connectivity index (χ4n) is 2.59. The third-order valence-electron chi connectivity index (χ3n) is 3.90. The number of piperidine rings is 1. The molecule has 0 aromatic carbocycles. The molecule has 6 heteroatoms. The van der Waals surface area contributed by atoms with Crippen molar-refractivity contribution in [1.82, 2.24) is 14.9 Å². The fraction of sp³-hybridized carbons (Fsp3) is 0.667. The van der Waals surface area contributed by atoms with Crippen molar-refractivity contribution >= 4 is 5.91 Å². The Morgan fingerprint density at radius 1 is 1.48 bits per heavy atom. The van der Waals surface area contributed by atoms with Crippen molar-refractivity contribution in [1.29, 1.82) is 0 Å². The van der Waals surface area contributed by atoms with Crippen LogP contribution in [0.4, 0.5) is 0 Å². The molecule has 2 heterocycles. The molecule has 6 nitrogen and oxygen atoms in total. The van der Waals surface area contributed by atoms with Crippen LogP contribution in [0.3, 0.4) is 0 Å². The van der Waals surface area contributed by atoms with Gasteiger partial charge in [0.25, 0.3) is 11.5 Å². The van der Waals surface area contributed by atoms with E-state index in [0.29, 0.717) is 43.6 Å². The number of carbonyl (C=O) groups is 1. The molecule has 1 N–H and O–H groups in total. The summed E-state index contributed by atoms with van der Waals surface area (Å²) in [7, 11) is 0. The first-order valence-corrected chi connectivity index (χ1v) is 7.47. The van der Waals surface area contributed by atoms with Gasteiger partial charge in [-0.2, -0.15) is 0 Å². The van der Waals surface area contributed by atoms with Gasteiger partial charge in [-0.1, -0.05) is 0 Å². The van der Waals surface area contributed by atoms with E-state index < -0.39 is 5.56 Å². The van der Waals surface area contributed by atoms with E-state index in [1.54, 1.807) is 18.7 Å². The van der Waals surface area contributed by atoms with E-state index in [9.17, 15) is 9.59 Å². The van der Waals surface area contributed by atoms with Crippen LogP contribution >= 0.6 is 0 Å². The summed E-state index contributed by atoms with van der Waals surface area (Å²) >= 11 is 0. The number of amides is 1. The molecule has 0 bridgehead atoms. The summed E-state index contributed by atoms with van der Waals surface area (Å²) in [5.74, 6) is 0.0637. The lowest BCUT2D eigenvalue weighted by molar-refractivity contribution is 0.0495. The van der Waals surface area contributed by atoms with Crippen LogP contribution in [-0.4, -0.2) is 47.1 Å². The zero-order chi connectivity index (χ0) is 15.4. The minimum Gasteiger partial charge on any atom is -0.381 e. The van der Waals surface area contributed by atoms with Gasteiger partial charge in [-0.25, -0.2) is 4.98 Å². The van der Waals surface area contributed by atoms with Crippen molar-refractivity contribution in [3.63, 3.8) is 0 Å². The van der Waals surface area contributed by atoms with Gasteiger partial charge in [-0.05, 0) is 39.5 Å². The zero-order valence-electron chi connectivity index (χ0n) is 12.9. The van der Waals surface area contributed by atoms with E-state index in [-0.39, 0.29) is 11.6 Å². The molecule has 0 radical (unpaired) electrons. The Balaban J connectivity index is 2.12. The Kier molecular flexibility index (Phi) is 5.12. The first kappa shape index (κ1) is 15.7. The number of nitrogens with one attached hydrogen (secondary N) is 1. The van der Waals surface area contributed by atoms with Crippen molar-refractivity contribution in [2.45, 2.75) is 33.6 Å². The minimum atomic E-state index is -0.407. The Bertz CT molecular complexity index is 568. The highest BCUT2D eigenvalue weighted by molar-refractivity contribution is 5.92. The number of carbonyl (C=O) groups excluding carboxylic acids is 1. The van der Waals surface area contributed by atoms with Crippen LogP contribution in [0.2, 0.25) is 0 Å². The standard InChI is InChI=1S/C15H23N3O3/c1-4-21-9-12-6-5-7-18(8-12)15(20)13-14(19)17-11(3)10(2)16-13/h12H,4-9H2,1-3H3,(H,17,19). The molecule has 0 spiro atoms. The van der Waals surface area contributed by atoms with E-state index in [2.05, 4.69) is 9.97 Å². The summed E-state index contributed by atoms with van der Waals surface area (Å²) in [5.41, 5.74) is 0.968. The summed E-state index contributed by atoms with van der Waals surface area (Å²) < 4.78 is 5.44. The molecule has 1 fully saturated rings. The lowest BCUT2D eigenvalue weighted by Gasteiger charge is -2.32. The number of aryl methyl sites for hydroxylation is 2. The summed E-state index contributed by atoms with van der Waals surface area (Å²) in [6.07, 6.45) is 1.99. The van der Waals surface area contributed by atoms with Crippen LogP contribution in [0.5, 0.6) is 0 Å². The van der Waals surface area contributed by atoms with Crippen molar-refractivity contribution in [3.8, 4) is 0 Å². The number of nitrogens with zero attached hydrogens (tertiary/aromatic N) is 2. The number of aromatic nitrogens is 2. The molecule has 0 saturated carbocycles. The molecule has 21 heavy (non-hydrogen) atoms. The molecular formula is C15H23N3O3. The van der Waals surface area contributed by atoms with E-state index in [1.807, 2.05) is 6.92 Å². The van der Waals surface area contributed by atoms with Crippen molar-refractivity contribution in [2.24, 2.45) is 5.92 Å². The van der Waals surface area contributed by atoms with Crippen LogP contribution in [-0.2, 0) is 4.74 Å². The van der Waals surface area contributed by atoms with Gasteiger partial charge >= 0.3 is 0 Å². The zero-order valence-corrected chi connectivity index (χ0v) is 12.9. The molecular weight excluding hydrogens is 270 g/mol. The number of ether oxygens (including phenoxy) is 1. The van der Waals surface area contributed by atoms with E-state index in [0.717, 1.165) is 12.8 Å². The first-order chi connectivity index (χ1) is 10.0. The molecule has 1 amide bonds. The highest BCUT2D eigenvalue weighted by atomic mass is 16.5. The number of H-pyrrole nitrogens is 1. The van der Waals surface area contributed by atoms with E-state index in [1.165, 1.54) is 0 Å². The minimum absolute atomic E-state index is 0.00448. The summed E-state index contributed by atoms with van der Waals surface area (Å²) in [6.45, 7) is 8.18. The van der Waals surface area contributed by atoms with Gasteiger partial charge in [-0.15, -0.1) is 0 Å². The Morgan fingerprint density at radius 3 is 2.95 bits per heavy atom. The maximum atomic E-state index is 12.5. The molecule has 116 valence electrons. The van der Waals surface area contributed by atoms with Gasteiger partial charge in [0.15, 0.2) is 5.69 Å². The third kappa shape index (κ3) is 3.69. The Morgan fingerprint density at radius 2 is 2.24 bits per heavy atom. The quantitative estimate of drug-likeness (QED) is 0.907. The number of hydrogen-bond acceptors (Lipinski definition) is 4. The monoisotopic (exact) mass is 293 g/mol. The van der Waals surface area contributed by atoms with Gasteiger partial charge in [0.1, 0.15) is 0 Å². The summed E-state index contributed by atoms with van der Waals surface area (Å²) in [6, 6.07) is 0. The normalized spacial score (nSPS) is 18.8. The second kappa shape index (κ2) is 6.85. The average Bonchev–Trinajstić information content (AvgIpc) is 2.48. The Labute approximate surface area is 124 Å². The van der Waals surface area contributed by atoms with Gasteiger partial charge in [0.2, 0.25) is 0 Å². The molecule has 1 aliphatic rings. The largest absolute Gasteiger partial charge is 0.381 e. The van der Waals surface area contributed by atoms with Gasteiger partial charge < -0.3 is 14.6 Å². The maximum Gasteiger partial charge on any atom is 0.279 e. The van der Waals surface area contributed by atoms with Crippen molar-refractivity contribution in [3.05, 3.63) is 27.4 Å². The number of hydrogen-bond donors (Lipinski definition) is 1. The molecule has 1 aromatic rings. The lowest BCUT2D eigenvalue weighted by Crippen LogP contribution is -2.43. The van der Waals surface area contributed by atoms with Crippen LogP contribution in [0.25, 0.3) is 0 Å². The lowest BCUT2D eigenvalue weighted by atomic mass is 9.98. The molecule has 1 aliphatic heterocycles. The van der Waals surface area contributed by atoms with Gasteiger partial charge in [0, 0.05) is 25.4 Å². The second-order valence-electron chi connectivity index (χ2n) is 5.54. The van der Waals surface area contributed by atoms with E-state index >= 15 is 0 Å². The molecule has 1 atom stereocenters. The van der Waals surface area contributed by atoms with Crippen molar-refractivity contribution in [2.75, 3.05) is 26.3 Å². The Hall–Kier alpha value is -1.69. The first-order valence-electron chi connectivity index (χ1n) is 7.47. The SMILES string of the molecule is CCOCC1CCCN(C(=O)c2nc(C)c(C)[nH]c2=O)C1. The summed E-state index contributed by atoms with van der Waals surface area (Å²) in [4.78, 5) is 33.0. The van der Waals surface area contributed by atoms with Crippen LogP contribution in [0, 0.1) is 19.8 Å². The van der Waals surface area contributed by atoms with Gasteiger partial charge in [0.05, 0.1) is 12.3 Å². The fourth-order valence-corrected chi connectivity index (χ4v) is 2.59. The highest BCUT2D eigenvalue weighted by Crippen LogP contribution is 2.18. The van der Waals surface area contributed by atoms with Crippen molar-refractivity contribution < 1.29 is 9.53 Å². The molecule has 0 aliphatic carbocycles. The van der Waals surface area contributed by atoms with Gasteiger partial charge in [-0.3, -0.25) is 9.59 Å². The van der Waals surface area contributed by atoms with Crippen LogP contribution < -0.4 is 5.56 Å². The maximum absolute atomic E-state index is 12.5. The topological polar surface area (TPSA) is 75.3 Å². The molecule has 1 saturated heterocycles. The highest BCUT2D eigenvalue weighted by Gasteiger charge is 2.27. The van der Waals surface area contributed by atoms with Crippen LogP contribution in [0.15, 0.2) is 4.79 Å².